The molecule has 0 aliphatic carbocycles. The molecule has 0 aromatic carbocycles. The van der Waals surface area contributed by atoms with Gasteiger partial charge in [0.1, 0.15) is 12.1 Å². The van der Waals surface area contributed by atoms with Crippen LogP contribution in [0.2, 0.25) is 0 Å². The van der Waals surface area contributed by atoms with Crippen LogP contribution in [0.5, 0.6) is 0 Å². The van der Waals surface area contributed by atoms with E-state index < -0.39 is 47.8 Å². The monoisotopic (exact) mass is 352 g/mol. The molecule has 0 saturated carbocycles. The Balaban J connectivity index is 0. The zero-order valence-corrected chi connectivity index (χ0v) is 13.4. The molecule has 0 saturated heterocycles. The maximum Gasteiger partial charge on any atom is 0.321 e. The number of carbonyl (C=O) groups is 4. The molecule has 0 bridgehead atoms. The summed E-state index contributed by atoms with van der Waals surface area (Å²) in [5.41, 5.74) is 3.90. The van der Waals surface area contributed by atoms with Gasteiger partial charge in [0.15, 0.2) is 0 Å². The second-order valence-electron chi connectivity index (χ2n) is 5.53. The lowest BCUT2D eigenvalue weighted by molar-refractivity contribution is -0.144. The number of nitrogens with two attached hydrogens (primary N) is 1. The minimum Gasteiger partial charge on any atom is -0.481 e. The van der Waals surface area contributed by atoms with E-state index in [0.29, 0.717) is 0 Å². The van der Waals surface area contributed by atoms with E-state index in [2.05, 4.69) is 5.32 Å². The molecule has 0 spiro atoms. The third-order valence-corrected chi connectivity index (χ3v) is 2.75. The smallest absolute Gasteiger partial charge is 0.321 e. The van der Waals surface area contributed by atoms with Gasteiger partial charge < -0.3 is 36.6 Å². The third-order valence-electron chi connectivity index (χ3n) is 2.75. The molecular weight excluding hydrogens is 328 g/mol. The maximum absolute atomic E-state index is 11.3. The average Bonchev–Trinajstić information content (AvgIpc) is 2.45. The fraction of sp³-hybridized carbons (Fsp3) is 0.692. The summed E-state index contributed by atoms with van der Waals surface area (Å²) in [5.74, 6) is -4.19. The van der Waals surface area contributed by atoms with E-state index in [0.717, 1.165) is 0 Å². The summed E-state index contributed by atoms with van der Waals surface area (Å²) in [5, 5.41) is 45.0. The predicted octanol–water partition coefficient (Wildman–Crippen LogP) is -2.17. The van der Waals surface area contributed by atoms with Crippen molar-refractivity contribution in [2.24, 2.45) is 11.1 Å². The van der Waals surface area contributed by atoms with Crippen LogP contribution in [0.4, 0.5) is 0 Å². The van der Waals surface area contributed by atoms with Crippen molar-refractivity contribution in [2.75, 3.05) is 13.2 Å². The van der Waals surface area contributed by atoms with Gasteiger partial charge in [0.2, 0.25) is 5.91 Å². The van der Waals surface area contributed by atoms with E-state index in [1.807, 2.05) is 0 Å². The fourth-order valence-electron chi connectivity index (χ4n) is 1.11. The Bertz CT molecular complexity index is 451. The van der Waals surface area contributed by atoms with Gasteiger partial charge in [-0.05, 0) is 0 Å². The largest absolute Gasteiger partial charge is 0.481 e. The molecule has 0 aromatic heterocycles. The maximum atomic E-state index is 11.3. The molecule has 0 radical (unpaired) electrons. The van der Waals surface area contributed by atoms with Crippen LogP contribution >= 0.6 is 0 Å². The molecule has 2 atom stereocenters. The standard InChI is InChI=1S/C9H17NO5.C4H7NO4/c1-9(2,5-11)7(14)8(15)10-4-3-6(12)13;5-2(4(8)9)1-3(6)7/h7,11,14H,3-5H2,1-2H3,(H,10,15)(H,12,13);2H,1,5H2,(H,6,7)(H,8,9)/t7-;/m0./s1. The van der Waals surface area contributed by atoms with Crippen LogP contribution in [0.15, 0.2) is 0 Å². The van der Waals surface area contributed by atoms with Gasteiger partial charge in [0, 0.05) is 12.0 Å². The van der Waals surface area contributed by atoms with Crippen molar-refractivity contribution in [1.29, 1.82) is 0 Å². The summed E-state index contributed by atoms with van der Waals surface area (Å²) < 4.78 is 0. The van der Waals surface area contributed by atoms with Gasteiger partial charge in [0.05, 0.1) is 19.4 Å². The normalized spacial score (nSPS) is 13.0. The Morgan fingerprint density at radius 2 is 1.58 bits per heavy atom. The topological polar surface area (TPSA) is 207 Å². The number of rotatable bonds is 9. The number of aliphatic carboxylic acids is 3. The highest BCUT2D eigenvalue weighted by Crippen LogP contribution is 2.19. The van der Waals surface area contributed by atoms with Gasteiger partial charge in [-0.3, -0.25) is 19.2 Å². The molecule has 24 heavy (non-hydrogen) atoms. The Morgan fingerprint density at radius 3 is 1.88 bits per heavy atom. The van der Waals surface area contributed by atoms with Crippen molar-refractivity contribution < 1.29 is 44.7 Å². The number of aliphatic hydroxyl groups excluding tert-OH is 2. The van der Waals surface area contributed by atoms with Gasteiger partial charge in [-0.1, -0.05) is 13.8 Å². The molecular formula is C13H24N2O9. The van der Waals surface area contributed by atoms with Gasteiger partial charge >= 0.3 is 17.9 Å². The first-order valence-corrected chi connectivity index (χ1v) is 6.83. The first-order chi connectivity index (χ1) is 10.8. The van der Waals surface area contributed by atoms with Gasteiger partial charge in [0.25, 0.3) is 0 Å². The number of carbonyl (C=O) groups excluding carboxylic acids is 1. The van der Waals surface area contributed by atoms with Crippen LogP contribution in [0.1, 0.15) is 26.7 Å². The quantitative estimate of drug-likeness (QED) is 0.239. The van der Waals surface area contributed by atoms with Crippen molar-refractivity contribution in [1.82, 2.24) is 5.32 Å². The van der Waals surface area contributed by atoms with E-state index in [9.17, 15) is 24.3 Å². The van der Waals surface area contributed by atoms with Crippen LogP contribution in [0, 0.1) is 5.41 Å². The minimum absolute atomic E-state index is 0.0350. The number of carboxylic acid groups (broad SMARTS) is 3. The lowest BCUT2D eigenvalue weighted by Crippen LogP contribution is -2.45. The van der Waals surface area contributed by atoms with Crippen LogP contribution in [0.3, 0.4) is 0 Å². The Morgan fingerprint density at radius 1 is 1.08 bits per heavy atom. The van der Waals surface area contributed by atoms with Crippen molar-refractivity contribution in [3.8, 4) is 0 Å². The first-order valence-electron chi connectivity index (χ1n) is 6.83. The molecule has 0 aromatic rings. The molecule has 8 N–H and O–H groups in total. The fourth-order valence-corrected chi connectivity index (χ4v) is 1.11. The highest BCUT2D eigenvalue weighted by molar-refractivity contribution is 5.81. The number of hydrogen-bond donors (Lipinski definition) is 7. The van der Waals surface area contributed by atoms with Gasteiger partial charge in [-0.15, -0.1) is 0 Å². The summed E-state index contributed by atoms with van der Waals surface area (Å²) in [6.45, 7) is 2.70. The second kappa shape index (κ2) is 11.3. The van der Waals surface area contributed by atoms with E-state index in [1.165, 1.54) is 13.8 Å². The number of hydrogen-bond acceptors (Lipinski definition) is 7. The first kappa shape index (κ1) is 24.0. The van der Waals surface area contributed by atoms with Crippen molar-refractivity contribution in [3.63, 3.8) is 0 Å². The molecule has 0 fully saturated rings. The molecule has 11 nitrogen and oxygen atoms in total. The average molecular weight is 352 g/mol. The van der Waals surface area contributed by atoms with E-state index in [4.69, 9.17) is 26.2 Å². The van der Waals surface area contributed by atoms with Crippen LogP contribution in [-0.4, -0.2) is 74.6 Å². The van der Waals surface area contributed by atoms with E-state index >= 15 is 0 Å². The van der Waals surface area contributed by atoms with E-state index in [-0.39, 0.29) is 19.6 Å². The summed E-state index contributed by atoms with van der Waals surface area (Å²) in [6, 6.07) is -1.29. The van der Waals surface area contributed by atoms with Crippen LogP contribution in [-0.2, 0) is 19.2 Å². The Hall–Kier alpha value is -2.24. The Labute approximate surface area is 138 Å². The number of amides is 1. The third kappa shape index (κ3) is 11.3. The summed E-state index contributed by atoms with van der Waals surface area (Å²) in [4.78, 5) is 41.0. The van der Waals surface area contributed by atoms with Crippen LogP contribution < -0.4 is 11.1 Å². The zero-order valence-electron chi connectivity index (χ0n) is 13.4. The van der Waals surface area contributed by atoms with Crippen molar-refractivity contribution >= 4 is 23.8 Å². The summed E-state index contributed by atoms with van der Waals surface area (Å²) in [7, 11) is 0. The molecule has 0 rings (SSSR count). The number of aliphatic hydroxyl groups is 2. The lowest BCUT2D eigenvalue weighted by atomic mass is 9.87. The van der Waals surface area contributed by atoms with Crippen molar-refractivity contribution in [3.05, 3.63) is 0 Å². The highest BCUT2D eigenvalue weighted by atomic mass is 16.4. The molecule has 140 valence electrons. The lowest BCUT2D eigenvalue weighted by Gasteiger charge is -2.26. The molecule has 1 unspecified atom stereocenters. The number of nitrogens with one attached hydrogen (secondary N) is 1. The molecule has 0 aliphatic heterocycles. The molecule has 0 heterocycles. The van der Waals surface area contributed by atoms with E-state index in [1.54, 1.807) is 0 Å². The molecule has 11 heteroatoms. The highest BCUT2D eigenvalue weighted by Gasteiger charge is 2.32. The zero-order chi connectivity index (χ0) is 19.5. The minimum atomic E-state index is -1.35. The van der Waals surface area contributed by atoms with Crippen molar-refractivity contribution in [2.45, 2.75) is 38.8 Å². The van der Waals surface area contributed by atoms with Gasteiger partial charge in [-0.2, -0.15) is 0 Å². The second-order valence-corrected chi connectivity index (χ2v) is 5.53. The Kier molecular flexibility index (Phi) is 11.3. The van der Waals surface area contributed by atoms with Crippen LogP contribution in [0.25, 0.3) is 0 Å². The van der Waals surface area contributed by atoms with Gasteiger partial charge in [-0.25, -0.2) is 0 Å². The summed E-state index contributed by atoms with van der Waals surface area (Å²) >= 11 is 0. The molecule has 1 amide bonds. The SMILES string of the molecule is CC(C)(CO)[C@@H](O)C(=O)NCCC(=O)O.NC(CC(=O)O)C(=O)O. The summed E-state index contributed by atoms with van der Waals surface area (Å²) in [6.07, 6.45) is -2.08. The number of carboxylic acids is 3. The predicted molar refractivity (Wildman–Crippen MR) is 80.0 cm³/mol. The molecule has 0 aliphatic rings.